The van der Waals surface area contributed by atoms with E-state index in [4.69, 9.17) is 4.74 Å². The van der Waals surface area contributed by atoms with Crippen LogP contribution in [0, 0.1) is 11.8 Å². The first kappa shape index (κ1) is 11.5. The number of hydrogen-bond acceptors (Lipinski definition) is 4. The first-order valence-electron chi connectivity index (χ1n) is 5.72. The Hall–Kier alpha value is -1.03. The molecule has 2 aliphatic carbocycles. The molecule has 4 nitrogen and oxygen atoms in total. The number of aliphatic hydroxyl groups excluding tert-OH is 1. The second-order valence-corrected chi connectivity index (χ2v) is 4.92. The summed E-state index contributed by atoms with van der Waals surface area (Å²) in [4.78, 5) is 11.6. The van der Waals surface area contributed by atoms with Gasteiger partial charge in [0, 0.05) is 6.42 Å². The van der Waals surface area contributed by atoms with Crippen molar-refractivity contribution in [2.75, 3.05) is 7.11 Å². The van der Waals surface area contributed by atoms with Crippen LogP contribution >= 0.6 is 0 Å². The van der Waals surface area contributed by atoms with Crippen molar-refractivity contribution >= 4 is 5.97 Å². The molecule has 0 spiro atoms. The Morgan fingerprint density at radius 3 is 2.88 bits per heavy atom. The van der Waals surface area contributed by atoms with E-state index in [9.17, 15) is 15.0 Å². The zero-order chi connectivity index (χ0) is 11.9. The minimum absolute atomic E-state index is 0.00579. The van der Waals surface area contributed by atoms with E-state index >= 15 is 0 Å². The first-order valence-corrected chi connectivity index (χ1v) is 5.72. The van der Waals surface area contributed by atoms with Crippen LogP contribution in [0.4, 0.5) is 0 Å². The van der Waals surface area contributed by atoms with Gasteiger partial charge >= 0.3 is 5.97 Å². The summed E-state index contributed by atoms with van der Waals surface area (Å²) in [5, 5.41) is 20.2. The van der Waals surface area contributed by atoms with E-state index in [1.54, 1.807) is 0 Å². The van der Waals surface area contributed by atoms with Crippen molar-refractivity contribution in [1.29, 1.82) is 0 Å². The smallest absolute Gasteiger partial charge is 0.337 e. The van der Waals surface area contributed by atoms with Crippen molar-refractivity contribution in [3.05, 3.63) is 11.3 Å². The molecule has 0 aliphatic heterocycles. The molecule has 0 aromatic carbocycles. The average molecular weight is 226 g/mol. The third-order valence-corrected chi connectivity index (χ3v) is 4.14. The van der Waals surface area contributed by atoms with Gasteiger partial charge < -0.3 is 14.9 Å². The van der Waals surface area contributed by atoms with Crippen molar-refractivity contribution < 1.29 is 19.7 Å². The molecule has 1 fully saturated rings. The maximum absolute atomic E-state index is 11.6. The minimum atomic E-state index is -0.843. The third-order valence-electron chi connectivity index (χ3n) is 4.14. The summed E-state index contributed by atoms with van der Waals surface area (Å²) in [5.74, 6) is -0.512. The van der Waals surface area contributed by atoms with E-state index < -0.39 is 11.6 Å². The largest absolute Gasteiger partial charge is 0.512 e. The van der Waals surface area contributed by atoms with Crippen molar-refractivity contribution in [2.24, 2.45) is 11.8 Å². The van der Waals surface area contributed by atoms with Gasteiger partial charge in [-0.2, -0.15) is 0 Å². The van der Waals surface area contributed by atoms with Gasteiger partial charge in [-0.3, -0.25) is 0 Å². The first-order chi connectivity index (χ1) is 7.49. The van der Waals surface area contributed by atoms with Gasteiger partial charge in [-0.05, 0) is 31.1 Å². The van der Waals surface area contributed by atoms with Crippen LogP contribution in [-0.2, 0) is 9.53 Å². The minimum Gasteiger partial charge on any atom is -0.512 e. The molecule has 0 aromatic rings. The molecule has 2 unspecified atom stereocenters. The van der Waals surface area contributed by atoms with Crippen molar-refractivity contribution in [2.45, 2.75) is 38.2 Å². The topological polar surface area (TPSA) is 66.8 Å². The number of ether oxygens (including phenoxy) is 1. The number of hydrogen-bond donors (Lipinski definition) is 2. The number of aliphatic hydroxyl groups is 2. The summed E-state index contributed by atoms with van der Waals surface area (Å²) >= 11 is 0. The van der Waals surface area contributed by atoms with E-state index in [0.29, 0.717) is 12.0 Å². The highest BCUT2D eigenvalue weighted by Gasteiger charge is 2.49. The van der Waals surface area contributed by atoms with Crippen molar-refractivity contribution in [3.63, 3.8) is 0 Å². The normalized spacial score (nSPS) is 38.4. The lowest BCUT2D eigenvalue weighted by atomic mass is 9.62. The lowest BCUT2D eigenvalue weighted by Gasteiger charge is -2.47. The fourth-order valence-corrected chi connectivity index (χ4v) is 3.10. The van der Waals surface area contributed by atoms with Crippen LogP contribution in [0.15, 0.2) is 11.3 Å². The molecule has 90 valence electrons. The summed E-state index contributed by atoms with van der Waals surface area (Å²) in [6.45, 7) is 1.94. The lowest BCUT2D eigenvalue weighted by Crippen LogP contribution is -2.49. The molecular weight excluding hydrogens is 208 g/mol. The molecule has 1 saturated carbocycles. The van der Waals surface area contributed by atoms with Gasteiger partial charge in [-0.1, -0.05) is 6.92 Å². The SMILES string of the molecule is COC(=O)C1=C(O)C[C@@]2(O)CCCC1C2C. The van der Waals surface area contributed by atoms with Crippen LogP contribution in [0.2, 0.25) is 0 Å². The predicted octanol–water partition coefficient (Wildman–Crippen LogP) is 1.54. The van der Waals surface area contributed by atoms with E-state index in [1.807, 2.05) is 6.92 Å². The van der Waals surface area contributed by atoms with Crippen LogP contribution in [0.3, 0.4) is 0 Å². The van der Waals surface area contributed by atoms with E-state index in [-0.39, 0.29) is 24.0 Å². The standard InChI is InChI=1S/C12H18O4/c1-7-8-4-3-5-12(7,15)6-9(13)10(8)11(14)16-2/h7-8,13,15H,3-6H2,1-2H3/t7?,8?,12-/m0/s1. The highest BCUT2D eigenvalue weighted by atomic mass is 16.5. The molecule has 2 rings (SSSR count). The summed E-state index contributed by atoms with van der Waals surface area (Å²) in [5.41, 5.74) is -0.468. The van der Waals surface area contributed by atoms with Gasteiger partial charge in [0.2, 0.25) is 0 Å². The maximum atomic E-state index is 11.6. The van der Waals surface area contributed by atoms with Gasteiger partial charge in [0.15, 0.2) is 0 Å². The Morgan fingerprint density at radius 2 is 2.25 bits per heavy atom. The quantitative estimate of drug-likeness (QED) is 0.666. The summed E-state index contributed by atoms with van der Waals surface area (Å²) in [7, 11) is 1.32. The molecule has 0 heterocycles. The van der Waals surface area contributed by atoms with Crippen LogP contribution in [0.5, 0.6) is 0 Å². The molecular formula is C12H18O4. The zero-order valence-electron chi connectivity index (χ0n) is 9.69. The van der Waals surface area contributed by atoms with Crippen LogP contribution in [0.1, 0.15) is 32.6 Å². The van der Waals surface area contributed by atoms with Gasteiger partial charge in [0.1, 0.15) is 5.76 Å². The maximum Gasteiger partial charge on any atom is 0.337 e. The summed E-state index contributed by atoms with van der Waals surface area (Å²) < 4.78 is 4.69. The second kappa shape index (κ2) is 3.77. The lowest BCUT2D eigenvalue weighted by molar-refractivity contribution is -0.140. The Labute approximate surface area is 94.9 Å². The molecule has 3 atom stereocenters. The fourth-order valence-electron chi connectivity index (χ4n) is 3.10. The molecule has 0 radical (unpaired) electrons. The summed E-state index contributed by atoms with van der Waals surface area (Å²) in [6, 6.07) is 0. The molecule has 4 heteroatoms. The van der Waals surface area contributed by atoms with Crippen molar-refractivity contribution in [1.82, 2.24) is 0 Å². The third kappa shape index (κ3) is 1.52. The van der Waals surface area contributed by atoms with Crippen LogP contribution in [-0.4, -0.2) is 28.9 Å². The molecule has 16 heavy (non-hydrogen) atoms. The van der Waals surface area contributed by atoms with Gasteiger partial charge in [-0.15, -0.1) is 0 Å². The van der Waals surface area contributed by atoms with Crippen molar-refractivity contribution in [3.8, 4) is 0 Å². The number of fused-ring (bicyclic) bond motifs is 2. The molecule has 2 aliphatic rings. The molecule has 2 N–H and O–H groups in total. The Morgan fingerprint density at radius 1 is 1.56 bits per heavy atom. The van der Waals surface area contributed by atoms with Crippen LogP contribution in [0.25, 0.3) is 0 Å². The summed E-state index contributed by atoms with van der Waals surface area (Å²) in [6.07, 6.45) is 2.59. The second-order valence-electron chi connectivity index (χ2n) is 4.92. The number of esters is 1. The number of carbonyl (C=O) groups is 1. The van der Waals surface area contributed by atoms with E-state index in [1.165, 1.54) is 7.11 Å². The molecule has 0 saturated heterocycles. The van der Waals surface area contributed by atoms with Gasteiger partial charge in [-0.25, -0.2) is 4.79 Å². The van der Waals surface area contributed by atoms with E-state index in [0.717, 1.165) is 12.8 Å². The van der Waals surface area contributed by atoms with Crippen LogP contribution < -0.4 is 0 Å². The molecule has 0 aromatic heterocycles. The highest BCUT2D eigenvalue weighted by molar-refractivity contribution is 5.90. The molecule has 2 bridgehead atoms. The Kier molecular flexibility index (Phi) is 2.70. The van der Waals surface area contributed by atoms with Gasteiger partial charge in [0.25, 0.3) is 0 Å². The Bertz CT molecular complexity index is 347. The zero-order valence-corrected chi connectivity index (χ0v) is 9.69. The molecule has 0 amide bonds. The predicted molar refractivity (Wildman–Crippen MR) is 57.7 cm³/mol. The highest BCUT2D eigenvalue weighted by Crippen LogP contribution is 2.49. The number of methoxy groups -OCH3 is 1. The average Bonchev–Trinajstić information content (AvgIpc) is 2.22. The fraction of sp³-hybridized carbons (Fsp3) is 0.750. The van der Waals surface area contributed by atoms with Gasteiger partial charge in [0.05, 0.1) is 18.3 Å². The number of carbonyl (C=O) groups excluding carboxylic acids is 1. The Balaban J connectivity index is 2.41. The van der Waals surface area contributed by atoms with E-state index in [2.05, 4.69) is 0 Å². The monoisotopic (exact) mass is 226 g/mol. The number of rotatable bonds is 1.